The van der Waals surface area contributed by atoms with Gasteiger partial charge in [0.25, 0.3) is 0 Å². The number of rotatable bonds is 6. The first-order chi connectivity index (χ1) is 13.7. The minimum atomic E-state index is -0.352. The first-order valence-corrected chi connectivity index (χ1v) is 9.79. The van der Waals surface area contributed by atoms with E-state index in [1.54, 1.807) is 36.4 Å². The largest absolute Gasteiger partial charge is 0.297 e. The maximum absolute atomic E-state index is 14.4. The van der Waals surface area contributed by atoms with E-state index in [-0.39, 0.29) is 11.6 Å². The number of benzene rings is 3. The molecule has 140 valence electrons. The molecule has 0 N–H and O–H groups in total. The zero-order valence-corrected chi connectivity index (χ0v) is 15.7. The van der Waals surface area contributed by atoms with Crippen LogP contribution in [0.3, 0.4) is 0 Å². The van der Waals surface area contributed by atoms with Crippen molar-refractivity contribution < 1.29 is 8.78 Å². The topological polar surface area (TPSA) is 30.7 Å². The lowest BCUT2D eigenvalue weighted by Crippen LogP contribution is -2.05. The molecule has 3 nitrogen and oxygen atoms in total. The van der Waals surface area contributed by atoms with Crippen molar-refractivity contribution in [2.75, 3.05) is 0 Å². The van der Waals surface area contributed by atoms with Crippen molar-refractivity contribution in [3.63, 3.8) is 0 Å². The Morgan fingerprint density at radius 1 is 0.750 bits per heavy atom. The summed E-state index contributed by atoms with van der Waals surface area (Å²) in [5, 5.41) is 9.11. The molecule has 0 unspecified atom stereocenters. The number of hydrogen-bond acceptors (Lipinski definition) is 3. The highest BCUT2D eigenvalue weighted by Crippen LogP contribution is 2.29. The molecule has 6 heteroatoms. The summed E-state index contributed by atoms with van der Waals surface area (Å²) in [6.45, 7) is 0.497. The van der Waals surface area contributed by atoms with Crippen LogP contribution < -0.4 is 0 Å². The van der Waals surface area contributed by atoms with Crippen LogP contribution in [-0.4, -0.2) is 14.8 Å². The number of nitrogens with zero attached hydrogens (tertiary/aromatic N) is 3. The lowest BCUT2D eigenvalue weighted by molar-refractivity contribution is 0.617. The second-order valence-electron chi connectivity index (χ2n) is 6.24. The number of hydrogen-bond donors (Lipinski definition) is 0. The molecule has 0 spiro atoms. The number of halogens is 2. The summed E-state index contributed by atoms with van der Waals surface area (Å²) in [6, 6.07) is 23.0. The van der Waals surface area contributed by atoms with Crippen molar-refractivity contribution in [1.29, 1.82) is 0 Å². The number of aromatic nitrogens is 3. The Balaban J connectivity index is 1.70. The molecule has 1 aromatic heterocycles. The fourth-order valence-electron chi connectivity index (χ4n) is 2.90. The molecule has 0 bridgehead atoms. The lowest BCUT2D eigenvalue weighted by atomic mass is 10.2. The molecule has 0 aliphatic carbocycles. The van der Waals surface area contributed by atoms with Gasteiger partial charge in [0, 0.05) is 5.75 Å². The van der Waals surface area contributed by atoms with Crippen LogP contribution in [0.1, 0.15) is 11.1 Å². The monoisotopic (exact) mass is 393 g/mol. The van der Waals surface area contributed by atoms with Gasteiger partial charge in [-0.2, -0.15) is 0 Å². The van der Waals surface area contributed by atoms with Crippen molar-refractivity contribution >= 4 is 11.8 Å². The highest BCUT2D eigenvalue weighted by atomic mass is 32.2. The first-order valence-electron chi connectivity index (χ1n) is 8.80. The maximum Gasteiger partial charge on any atom is 0.192 e. The third-order valence-corrected chi connectivity index (χ3v) is 5.35. The van der Waals surface area contributed by atoms with E-state index < -0.39 is 0 Å². The fourth-order valence-corrected chi connectivity index (χ4v) is 3.83. The van der Waals surface area contributed by atoms with Gasteiger partial charge in [0.2, 0.25) is 0 Å². The summed E-state index contributed by atoms with van der Waals surface area (Å²) in [6.07, 6.45) is 0. The Morgan fingerprint density at radius 2 is 1.43 bits per heavy atom. The summed E-state index contributed by atoms with van der Waals surface area (Å²) in [5.74, 6) is 0.267. The van der Waals surface area contributed by atoms with Gasteiger partial charge in [-0.15, -0.1) is 10.2 Å². The summed E-state index contributed by atoms with van der Waals surface area (Å²) >= 11 is 1.38. The summed E-state index contributed by atoms with van der Waals surface area (Å²) in [4.78, 5) is 0. The second-order valence-corrected chi connectivity index (χ2v) is 7.18. The van der Waals surface area contributed by atoms with Crippen molar-refractivity contribution in [3.05, 3.63) is 102 Å². The van der Waals surface area contributed by atoms with Gasteiger partial charge in [-0.25, -0.2) is 8.78 Å². The van der Waals surface area contributed by atoms with Crippen LogP contribution in [0.5, 0.6) is 0 Å². The highest BCUT2D eigenvalue weighted by Gasteiger charge is 2.18. The standard InChI is InChI=1S/C22H17F2N3S/c23-19-12-6-4-10-17(19)15-28-22-26-25-21(18-11-5-7-13-20(18)24)27(22)14-16-8-2-1-3-9-16/h1-13H,14-15H2. The average Bonchev–Trinajstić information content (AvgIpc) is 3.11. The summed E-state index contributed by atoms with van der Waals surface area (Å²) < 4.78 is 30.2. The van der Waals surface area contributed by atoms with Gasteiger partial charge in [0.1, 0.15) is 11.6 Å². The van der Waals surface area contributed by atoms with Crippen LogP contribution in [0.25, 0.3) is 11.4 Å². The normalized spacial score (nSPS) is 10.9. The minimum Gasteiger partial charge on any atom is -0.297 e. The molecule has 28 heavy (non-hydrogen) atoms. The Hall–Kier alpha value is -2.99. The molecule has 0 aliphatic rings. The molecular weight excluding hydrogens is 376 g/mol. The minimum absolute atomic E-state index is 0.251. The van der Waals surface area contributed by atoms with Gasteiger partial charge in [-0.3, -0.25) is 4.57 Å². The van der Waals surface area contributed by atoms with E-state index in [1.807, 2.05) is 34.9 Å². The van der Waals surface area contributed by atoms with Crippen molar-refractivity contribution in [2.24, 2.45) is 0 Å². The van der Waals surface area contributed by atoms with Crippen LogP contribution >= 0.6 is 11.8 Å². The van der Waals surface area contributed by atoms with Gasteiger partial charge in [-0.1, -0.05) is 72.4 Å². The van der Waals surface area contributed by atoms with Crippen LogP contribution in [0.2, 0.25) is 0 Å². The lowest BCUT2D eigenvalue weighted by Gasteiger charge is -2.11. The van der Waals surface area contributed by atoms with Gasteiger partial charge in [0.05, 0.1) is 12.1 Å². The number of thioether (sulfide) groups is 1. The predicted octanol–water partition coefficient (Wildman–Crippen LogP) is 5.56. The van der Waals surface area contributed by atoms with Crippen LogP contribution in [0.15, 0.2) is 84.0 Å². The molecule has 0 aliphatic heterocycles. The quantitative estimate of drug-likeness (QED) is 0.402. The zero-order chi connectivity index (χ0) is 19.3. The van der Waals surface area contributed by atoms with Gasteiger partial charge < -0.3 is 0 Å². The van der Waals surface area contributed by atoms with E-state index in [0.717, 1.165) is 5.56 Å². The van der Waals surface area contributed by atoms with E-state index in [2.05, 4.69) is 10.2 Å². The molecular formula is C22H17F2N3S. The molecule has 3 aromatic carbocycles. The summed E-state index contributed by atoms with van der Waals surface area (Å²) in [5.41, 5.74) is 2.03. The Labute approximate surface area is 166 Å². The Bertz CT molecular complexity index is 1080. The van der Waals surface area contributed by atoms with Gasteiger partial charge in [0.15, 0.2) is 11.0 Å². The zero-order valence-electron chi connectivity index (χ0n) is 14.9. The Morgan fingerprint density at radius 3 is 2.18 bits per heavy atom. The fraction of sp³-hybridized carbons (Fsp3) is 0.0909. The molecule has 4 aromatic rings. The molecule has 0 radical (unpaired) electrons. The van der Waals surface area contributed by atoms with E-state index in [0.29, 0.717) is 34.4 Å². The van der Waals surface area contributed by atoms with Crippen molar-refractivity contribution in [1.82, 2.24) is 14.8 Å². The van der Waals surface area contributed by atoms with Crippen LogP contribution in [0, 0.1) is 11.6 Å². The molecule has 1 heterocycles. The van der Waals surface area contributed by atoms with Gasteiger partial charge >= 0.3 is 0 Å². The van der Waals surface area contributed by atoms with Crippen molar-refractivity contribution in [3.8, 4) is 11.4 Å². The highest BCUT2D eigenvalue weighted by molar-refractivity contribution is 7.98. The van der Waals surface area contributed by atoms with E-state index in [9.17, 15) is 8.78 Å². The maximum atomic E-state index is 14.4. The van der Waals surface area contributed by atoms with Crippen LogP contribution in [-0.2, 0) is 12.3 Å². The molecule has 0 saturated carbocycles. The van der Waals surface area contributed by atoms with E-state index >= 15 is 0 Å². The summed E-state index contributed by atoms with van der Waals surface area (Å²) in [7, 11) is 0. The van der Waals surface area contributed by atoms with E-state index in [1.165, 1.54) is 23.9 Å². The van der Waals surface area contributed by atoms with E-state index in [4.69, 9.17) is 0 Å². The molecule has 0 amide bonds. The molecule has 0 atom stereocenters. The van der Waals surface area contributed by atoms with Crippen LogP contribution in [0.4, 0.5) is 8.78 Å². The smallest absolute Gasteiger partial charge is 0.192 e. The molecule has 4 rings (SSSR count). The third kappa shape index (κ3) is 3.97. The SMILES string of the molecule is Fc1ccccc1CSc1nnc(-c2ccccc2F)n1Cc1ccccc1. The Kier molecular flexibility index (Phi) is 5.48. The van der Waals surface area contributed by atoms with Gasteiger partial charge in [-0.05, 0) is 29.3 Å². The average molecular weight is 393 g/mol. The third-order valence-electron chi connectivity index (χ3n) is 4.33. The molecule has 0 fully saturated rings. The second kappa shape index (κ2) is 8.35. The molecule has 0 saturated heterocycles. The predicted molar refractivity (Wildman–Crippen MR) is 107 cm³/mol. The first kappa shape index (κ1) is 18.4. The van der Waals surface area contributed by atoms with Crippen molar-refractivity contribution in [2.45, 2.75) is 17.5 Å².